The minimum absolute atomic E-state index is 0.0557. The number of para-hydroxylation sites is 1. The molecule has 3 rings (SSSR count). The van der Waals surface area contributed by atoms with Crippen LogP contribution in [-0.2, 0) is 26.2 Å². The molecule has 0 heterocycles. The van der Waals surface area contributed by atoms with E-state index in [1.54, 1.807) is 38.1 Å². The van der Waals surface area contributed by atoms with Gasteiger partial charge < -0.3 is 10.2 Å². The fourth-order valence-electron chi connectivity index (χ4n) is 3.70. The molecule has 0 saturated carbocycles. The first kappa shape index (κ1) is 28.3. The van der Waals surface area contributed by atoms with Gasteiger partial charge in [0.2, 0.25) is 11.8 Å². The number of nitrogens with zero attached hydrogens (tertiary/aromatic N) is 2. The van der Waals surface area contributed by atoms with E-state index in [4.69, 9.17) is 0 Å². The first-order valence-electron chi connectivity index (χ1n) is 11.7. The summed E-state index contributed by atoms with van der Waals surface area (Å²) in [5, 5.41) is 2.70. The standard InChI is InChI=1S/C27H29BrFN3O4S/c1-4-30-27(34)20(3)31(17-21-11-13-22(28)14-12-21)26(33)18-32(25-8-6-5-7-24(25)29)37(35,36)23-15-9-19(2)10-16-23/h5-16,20H,4,17-18H2,1-3H3,(H,30,34)/t20-/m1/s1. The molecule has 0 aliphatic heterocycles. The molecule has 0 aliphatic carbocycles. The number of hydrogen-bond acceptors (Lipinski definition) is 4. The maximum Gasteiger partial charge on any atom is 0.264 e. The number of hydrogen-bond donors (Lipinski definition) is 1. The molecule has 0 spiro atoms. The number of rotatable bonds is 10. The number of amides is 2. The molecule has 0 unspecified atom stereocenters. The summed E-state index contributed by atoms with van der Waals surface area (Å²) < 4.78 is 43.8. The lowest BCUT2D eigenvalue weighted by atomic mass is 10.1. The van der Waals surface area contributed by atoms with Crippen LogP contribution in [0.3, 0.4) is 0 Å². The van der Waals surface area contributed by atoms with Gasteiger partial charge >= 0.3 is 0 Å². The molecule has 3 aromatic rings. The third-order valence-corrected chi connectivity index (χ3v) is 8.10. The lowest BCUT2D eigenvalue weighted by Crippen LogP contribution is -2.51. The minimum atomic E-state index is -4.32. The van der Waals surface area contributed by atoms with Gasteiger partial charge in [-0.05, 0) is 62.7 Å². The van der Waals surface area contributed by atoms with Crippen molar-refractivity contribution in [2.24, 2.45) is 0 Å². The van der Waals surface area contributed by atoms with E-state index in [1.165, 1.54) is 35.2 Å². The average Bonchev–Trinajstić information content (AvgIpc) is 2.87. The Labute approximate surface area is 225 Å². The van der Waals surface area contributed by atoms with Crippen LogP contribution in [0, 0.1) is 12.7 Å². The molecule has 1 N–H and O–H groups in total. The maximum absolute atomic E-state index is 14.9. The largest absolute Gasteiger partial charge is 0.355 e. The second-order valence-electron chi connectivity index (χ2n) is 8.49. The number of aryl methyl sites for hydroxylation is 1. The van der Waals surface area contributed by atoms with Gasteiger partial charge in [0.15, 0.2) is 0 Å². The summed E-state index contributed by atoms with van der Waals surface area (Å²) in [4.78, 5) is 27.6. The van der Waals surface area contributed by atoms with Crippen LogP contribution < -0.4 is 9.62 Å². The van der Waals surface area contributed by atoms with Gasteiger partial charge in [-0.15, -0.1) is 0 Å². The summed E-state index contributed by atoms with van der Waals surface area (Å²) in [6, 6.07) is 17.8. The van der Waals surface area contributed by atoms with E-state index in [0.717, 1.165) is 26.0 Å². The van der Waals surface area contributed by atoms with Crippen molar-refractivity contribution in [3.63, 3.8) is 0 Å². The summed E-state index contributed by atoms with van der Waals surface area (Å²) in [5.41, 5.74) is 1.33. The fourth-order valence-corrected chi connectivity index (χ4v) is 5.38. The highest BCUT2D eigenvalue weighted by Gasteiger charge is 2.33. The summed E-state index contributed by atoms with van der Waals surface area (Å²) in [6.45, 7) is 4.88. The van der Waals surface area contributed by atoms with Crippen molar-refractivity contribution in [2.45, 2.75) is 38.3 Å². The lowest BCUT2D eigenvalue weighted by molar-refractivity contribution is -0.139. The first-order chi connectivity index (χ1) is 17.5. The number of benzene rings is 3. The molecule has 0 bridgehead atoms. The fraction of sp³-hybridized carbons (Fsp3) is 0.259. The van der Waals surface area contributed by atoms with E-state index in [2.05, 4.69) is 21.2 Å². The van der Waals surface area contributed by atoms with Gasteiger partial charge in [0.05, 0.1) is 10.6 Å². The van der Waals surface area contributed by atoms with Crippen molar-refractivity contribution >= 4 is 43.5 Å². The highest BCUT2D eigenvalue weighted by Crippen LogP contribution is 2.27. The van der Waals surface area contributed by atoms with E-state index < -0.39 is 34.3 Å². The third kappa shape index (κ3) is 6.95. The maximum atomic E-state index is 14.9. The van der Waals surface area contributed by atoms with E-state index >= 15 is 0 Å². The summed E-state index contributed by atoms with van der Waals surface area (Å²) in [6.07, 6.45) is 0. The van der Waals surface area contributed by atoms with Crippen molar-refractivity contribution in [3.8, 4) is 0 Å². The smallest absolute Gasteiger partial charge is 0.264 e. The lowest BCUT2D eigenvalue weighted by Gasteiger charge is -2.32. The van der Waals surface area contributed by atoms with Crippen molar-refractivity contribution < 1.29 is 22.4 Å². The topological polar surface area (TPSA) is 86.8 Å². The molecule has 0 aromatic heterocycles. The van der Waals surface area contributed by atoms with Gasteiger partial charge in [-0.3, -0.25) is 13.9 Å². The highest BCUT2D eigenvalue weighted by molar-refractivity contribution is 9.10. The minimum Gasteiger partial charge on any atom is -0.355 e. The van der Waals surface area contributed by atoms with Gasteiger partial charge in [0.25, 0.3) is 10.0 Å². The van der Waals surface area contributed by atoms with E-state index in [9.17, 15) is 22.4 Å². The van der Waals surface area contributed by atoms with Crippen LogP contribution in [0.2, 0.25) is 0 Å². The predicted molar refractivity (Wildman–Crippen MR) is 145 cm³/mol. The Balaban J connectivity index is 2.03. The number of likely N-dealkylation sites (N-methyl/N-ethyl adjacent to an activating group) is 1. The molecule has 1 atom stereocenters. The molecule has 0 aliphatic rings. The monoisotopic (exact) mass is 589 g/mol. The summed E-state index contributed by atoms with van der Waals surface area (Å²) in [5.74, 6) is -1.82. The number of halogens is 2. The summed E-state index contributed by atoms with van der Waals surface area (Å²) in [7, 11) is -4.32. The zero-order valence-electron chi connectivity index (χ0n) is 20.8. The zero-order chi connectivity index (χ0) is 27.2. The van der Waals surface area contributed by atoms with Crippen molar-refractivity contribution in [1.82, 2.24) is 10.2 Å². The molecule has 2 amide bonds. The van der Waals surface area contributed by atoms with E-state index in [-0.39, 0.29) is 23.0 Å². The molecular formula is C27H29BrFN3O4S. The molecule has 0 saturated heterocycles. The van der Waals surface area contributed by atoms with Crippen LogP contribution in [0.15, 0.2) is 82.2 Å². The predicted octanol–water partition coefficient (Wildman–Crippen LogP) is 4.65. The van der Waals surface area contributed by atoms with Gasteiger partial charge in [0.1, 0.15) is 18.4 Å². The Morgan fingerprint density at radius 3 is 2.22 bits per heavy atom. The Bertz CT molecular complexity index is 1350. The second-order valence-corrected chi connectivity index (χ2v) is 11.3. The molecule has 0 radical (unpaired) electrons. The van der Waals surface area contributed by atoms with Crippen LogP contribution >= 0.6 is 15.9 Å². The van der Waals surface area contributed by atoms with Crippen molar-refractivity contribution in [2.75, 3.05) is 17.4 Å². The zero-order valence-corrected chi connectivity index (χ0v) is 23.2. The van der Waals surface area contributed by atoms with Crippen LogP contribution in [0.1, 0.15) is 25.0 Å². The third-order valence-electron chi connectivity index (χ3n) is 5.79. The Hall–Kier alpha value is -3.24. The number of sulfonamides is 1. The molecule has 10 heteroatoms. The Morgan fingerprint density at radius 1 is 1.00 bits per heavy atom. The number of carbonyl (C=O) groups excluding carboxylic acids is 2. The number of carbonyl (C=O) groups is 2. The van der Waals surface area contributed by atoms with E-state index in [1.807, 2.05) is 19.1 Å². The summed E-state index contributed by atoms with van der Waals surface area (Å²) >= 11 is 3.37. The van der Waals surface area contributed by atoms with Crippen LogP contribution in [0.25, 0.3) is 0 Å². The van der Waals surface area contributed by atoms with Crippen molar-refractivity contribution in [1.29, 1.82) is 0 Å². The molecular weight excluding hydrogens is 561 g/mol. The quantitative estimate of drug-likeness (QED) is 0.373. The number of nitrogens with one attached hydrogen (secondary N) is 1. The first-order valence-corrected chi connectivity index (χ1v) is 13.9. The van der Waals surface area contributed by atoms with Gasteiger partial charge in [-0.1, -0.05) is 57.9 Å². The van der Waals surface area contributed by atoms with Crippen molar-refractivity contribution in [3.05, 3.63) is 94.2 Å². The van der Waals surface area contributed by atoms with Gasteiger partial charge in [-0.2, -0.15) is 0 Å². The molecule has 7 nitrogen and oxygen atoms in total. The second kappa shape index (κ2) is 12.3. The van der Waals surface area contributed by atoms with Crippen LogP contribution in [-0.4, -0.2) is 44.3 Å². The number of anilines is 1. The molecule has 196 valence electrons. The van der Waals surface area contributed by atoms with Crippen LogP contribution in [0.4, 0.5) is 10.1 Å². The van der Waals surface area contributed by atoms with Gasteiger partial charge in [-0.25, -0.2) is 12.8 Å². The van der Waals surface area contributed by atoms with Gasteiger partial charge in [0, 0.05) is 17.6 Å². The normalized spacial score (nSPS) is 12.0. The molecule has 3 aromatic carbocycles. The highest BCUT2D eigenvalue weighted by atomic mass is 79.9. The van der Waals surface area contributed by atoms with Crippen LogP contribution in [0.5, 0.6) is 0 Å². The SMILES string of the molecule is CCNC(=O)[C@@H](C)N(Cc1ccc(Br)cc1)C(=O)CN(c1ccccc1F)S(=O)(=O)c1ccc(C)cc1. The van der Waals surface area contributed by atoms with E-state index in [0.29, 0.717) is 6.54 Å². The molecule has 0 fully saturated rings. The Kier molecular flexibility index (Phi) is 9.45. The average molecular weight is 591 g/mol. The molecule has 37 heavy (non-hydrogen) atoms. The Morgan fingerprint density at radius 2 is 1.62 bits per heavy atom.